The maximum atomic E-state index is 13.0. The summed E-state index contributed by atoms with van der Waals surface area (Å²) in [7, 11) is 0. The molecule has 0 aromatic heterocycles. The van der Waals surface area contributed by atoms with E-state index in [4.69, 9.17) is 21.6 Å². The molecule has 142 valence electrons. The van der Waals surface area contributed by atoms with Crippen molar-refractivity contribution in [2.45, 2.75) is 56.4 Å². The number of ether oxygens (including phenoxy) is 1. The fraction of sp³-hybridized carbons (Fsp3) is 0.571. The van der Waals surface area contributed by atoms with Gasteiger partial charge in [-0.25, -0.2) is 0 Å². The van der Waals surface area contributed by atoms with Crippen molar-refractivity contribution >= 4 is 29.2 Å². The summed E-state index contributed by atoms with van der Waals surface area (Å²) in [5, 5.41) is 11.6. The van der Waals surface area contributed by atoms with Gasteiger partial charge in [0.25, 0.3) is 5.91 Å². The van der Waals surface area contributed by atoms with Crippen LogP contribution in [0.25, 0.3) is 0 Å². The van der Waals surface area contributed by atoms with E-state index < -0.39 is 11.5 Å². The highest BCUT2D eigenvalue weighted by molar-refractivity contribution is 6.24. The summed E-state index contributed by atoms with van der Waals surface area (Å²) >= 11 is 6.79. The molecular weight excluding hydrogens is 364 g/mol. The van der Waals surface area contributed by atoms with Crippen LogP contribution in [0.3, 0.4) is 0 Å². The number of amides is 1. The van der Waals surface area contributed by atoms with Gasteiger partial charge in [-0.05, 0) is 81.5 Å². The maximum Gasteiger partial charge on any atom is 0.312 e. The minimum atomic E-state index is -0.882. The lowest BCUT2D eigenvalue weighted by Gasteiger charge is -2.58. The minimum absolute atomic E-state index is 0.267. The Labute approximate surface area is 164 Å². The van der Waals surface area contributed by atoms with E-state index in [-0.39, 0.29) is 16.8 Å². The van der Waals surface area contributed by atoms with Crippen LogP contribution in [-0.2, 0) is 14.3 Å². The Morgan fingerprint density at radius 3 is 2.41 bits per heavy atom. The van der Waals surface area contributed by atoms with Crippen LogP contribution in [0, 0.1) is 28.6 Å². The number of carbonyl (C=O) groups is 2. The molecule has 5 rings (SSSR count). The Bertz CT molecular complexity index is 800. The number of nitriles is 1. The van der Waals surface area contributed by atoms with Crippen molar-refractivity contribution in [2.24, 2.45) is 17.3 Å². The average Bonchev–Trinajstić information content (AvgIpc) is 2.60. The van der Waals surface area contributed by atoms with Gasteiger partial charge in [0.15, 0.2) is 6.10 Å². The lowest BCUT2D eigenvalue weighted by Crippen LogP contribution is -2.57. The highest BCUT2D eigenvalue weighted by Gasteiger charge is 2.61. The van der Waals surface area contributed by atoms with Crippen LogP contribution in [0.4, 0.5) is 5.69 Å². The van der Waals surface area contributed by atoms with E-state index in [9.17, 15) is 9.59 Å². The summed E-state index contributed by atoms with van der Waals surface area (Å²) in [5.74, 6) is 0.348. The van der Waals surface area contributed by atoms with Crippen LogP contribution >= 0.6 is 11.6 Å². The molecule has 0 saturated heterocycles. The van der Waals surface area contributed by atoms with Gasteiger partial charge in [-0.1, -0.05) is 0 Å². The molecule has 0 aliphatic heterocycles. The van der Waals surface area contributed by atoms with Gasteiger partial charge in [-0.2, -0.15) is 5.26 Å². The van der Waals surface area contributed by atoms with E-state index >= 15 is 0 Å². The van der Waals surface area contributed by atoms with E-state index in [1.807, 2.05) is 6.07 Å². The molecule has 0 radical (unpaired) electrons. The normalized spacial score (nSPS) is 34.6. The molecule has 1 amide bonds. The number of nitrogens with zero attached hydrogens (tertiary/aromatic N) is 1. The van der Waals surface area contributed by atoms with Gasteiger partial charge < -0.3 is 10.1 Å². The molecule has 6 heteroatoms. The van der Waals surface area contributed by atoms with Gasteiger partial charge in [-0.15, -0.1) is 11.6 Å². The van der Waals surface area contributed by atoms with Crippen molar-refractivity contribution in [3.63, 3.8) is 0 Å². The van der Waals surface area contributed by atoms with Gasteiger partial charge in [0, 0.05) is 10.6 Å². The van der Waals surface area contributed by atoms with Crippen molar-refractivity contribution in [3.8, 4) is 6.07 Å². The molecule has 2 unspecified atom stereocenters. The maximum absolute atomic E-state index is 13.0. The van der Waals surface area contributed by atoms with Crippen LogP contribution < -0.4 is 5.32 Å². The van der Waals surface area contributed by atoms with Gasteiger partial charge in [0.2, 0.25) is 0 Å². The molecule has 4 saturated carbocycles. The van der Waals surface area contributed by atoms with E-state index in [0.29, 0.717) is 29.5 Å². The first kappa shape index (κ1) is 18.3. The number of nitrogens with one attached hydrogen (secondary N) is 1. The van der Waals surface area contributed by atoms with Gasteiger partial charge in [-0.3, -0.25) is 9.59 Å². The second-order valence-electron chi connectivity index (χ2n) is 8.62. The molecule has 4 bridgehead atoms. The molecule has 1 N–H and O–H groups in total. The lowest BCUT2D eigenvalue weighted by molar-refractivity contribution is -0.176. The number of rotatable bonds is 4. The summed E-state index contributed by atoms with van der Waals surface area (Å²) in [5.41, 5.74) is 0.565. The fourth-order valence-electron chi connectivity index (χ4n) is 5.60. The molecule has 4 aliphatic carbocycles. The van der Waals surface area contributed by atoms with E-state index in [1.165, 1.54) is 0 Å². The molecule has 5 nitrogen and oxygen atoms in total. The number of halogens is 1. The van der Waals surface area contributed by atoms with Crippen molar-refractivity contribution < 1.29 is 14.3 Å². The van der Waals surface area contributed by atoms with Crippen molar-refractivity contribution in [1.29, 1.82) is 5.26 Å². The van der Waals surface area contributed by atoms with Crippen LogP contribution in [-0.4, -0.2) is 22.9 Å². The Balaban J connectivity index is 1.40. The second-order valence-corrected chi connectivity index (χ2v) is 9.42. The van der Waals surface area contributed by atoms with Crippen LogP contribution in [0.2, 0.25) is 0 Å². The molecule has 4 fully saturated rings. The van der Waals surface area contributed by atoms with Crippen molar-refractivity contribution in [1.82, 2.24) is 0 Å². The number of hydrogen-bond acceptors (Lipinski definition) is 4. The summed E-state index contributed by atoms with van der Waals surface area (Å²) in [6.45, 7) is 1.59. The van der Waals surface area contributed by atoms with Crippen LogP contribution in [0.15, 0.2) is 24.3 Å². The number of esters is 1. The van der Waals surface area contributed by atoms with Crippen LogP contribution in [0.1, 0.15) is 51.0 Å². The zero-order valence-electron chi connectivity index (χ0n) is 15.3. The third-order valence-corrected chi connectivity index (χ3v) is 6.80. The summed E-state index contributed by atoms with van der Waals surface area (Å²) in [4.78, 5) is 25.1. The lowest BCUT2D eigenvalue weighted by atomic mass is 9.49. The monoisotopic (exact) mass is 386 g/mol. The summed E-state index contributed by atoms with van der Waals surface area (Å²) in [6.07, 6.45) is 4.60. The first-order valence-electron chi connectivity index (χ1n) is 9.52. The molecule has 1 aromatic rings. The smallest absolute Gasteiger partial charge is 0.312 e. The Hall–Kier alpha value is -2.06. The third kappa shape index (κ3) is 3.43. The second kappa shape index (κ2) is 6.53. The van der Waals surface area contributed by atoms with Crippen molar-refractivity contribution in [2.75, 3.05) is 5.32 Å². The number of hydrogen-bond donors (Lipinski definition) is 1. The number of carbonyl (C=O) groups excluding carboxylic acids is 2. The number of alkyl halides is 1. The van der Waals surface area contributed by atoms with Crippen molar-refractivity contribution in [3.05, 3.63) is 29.8 Å². The summed E-state index contributed by atoms with van der Waals surface area (Å²) < 4.78 is 5.60. The molecule has 4 aliphatic rings. The molecule has 0 spiro atoms. The Morgan fingerprint density at radius 1 is 1.22 bits per heavy atom. The predicted octanol–water partition coefficient (Wildman–Crippen LogP) is 4.01. The zero-order chi connectivity index (χ0) is 19.2. The number of anilines is 1. The zero-order valence-corrected chi connectivity index (χ0v) is 16.1. The molecule has 5 atom stereocenters. The highest BCUT2D eigenvalue weighted by Crippen LogP contribution is 2.64. The molecule has 1 aromatic carbocycles. The topological polar surface area (TPSA) is 79.2 Å². The highest BCUT2D eigenvalue weighted by atomic mass is 35.5. The van der Waals surface area contributed by atoms with Gasteiger partial charge in [0.05, 0.1) is 17.0 Å². The quantitative estimate of drug-likeness (QED) is 0.626. The molecule has 0 heterocycles. The van der Waals surface area contributed by atoms with E-state index in [1.54, 1.807) is 31.2 Å². The van der Waals surface area contributed by atoms with E-state index in [0.717, 1.165) is 32.1 Å². The van der Waals surface area contributed by atoms with Gasteiger partial charge in [0.1, 0.15) is 0 Å². The predicted molar refractivity (Wildman–Crippen MR) is 101 cm³/mol. The third-order valence-electron chi connectivity index (χ3n) is 6.36. The Morgan fingerprint density at radius 2 is 1.85 bits per heavy atom. The largest absolute Gasteiger partial charge is 0.452 e. The van der Waals surface area contributed by atoms with Gasteiger partial charge >= 0.3 is 5.97 Å². The average molecular weight is 387 g/mol. The Kier molecular flexibility index (Phi) is 4.43. The SMILES string of the molecule is C[C@@H](OC(=O)C12C[C@@H]3C[C@@H](CC(Cl)(C3)C1)C2)C(=O)Nc1ccc(C#N)cc1. The first-order chi connectivity index (χ1) is 12.8. The van der Waals surface area contributed by atoms with Crippen LogP contribution in [0.5, 0.6) is 0 Å². The standard InChI is InChI=1S/C21H23ClN2O3/c1-13(18(25)24-17-4-2-14(11-23)3-5-17)27-19(26)20-7-15-6-16(8-20)10-21(22,9-15)12-20/h2-5,13,15-16H,6-10,12H2,1H3,(H,24,25)/t13-,15-,16+,20?,21?/m1/s1. The summed E-state index contributed by atoms with van der Waals surface area (Å²) in [6, 6.07) is 8.59. The number of benzene rings is 1. The fourth-order valence-corrected chi connectivity index (χ4v) is 6.29. The molecular formula is C21H23ClN2O3. The molecule has 27 heavy (non-hydrogen) atoms. The minimum Gasteiger partial charge on any atom is -0.452 e. The first-order valence-corrected chi connectivity index (χ1v) is 9.90. The van der Waals surface area contributed by atoms with E-state index in [2.05, 4.69) is 5.32 Å².